The number of carbonyl (C=O) groups is 1. The molecule has 0 aliphatic carbocycles. The van der Waals surface area contributed by atoms with Crippen LogP contribution in [0.15, 0.2) is 48.5 Å². The Bertz CT molecular complexity index is 601. The molecule has 1 unspecified atom stereocenters. The van der Waals surface area contributed by atoms with Crippen molar-refractivity contribution in [3.63, 3.8) is 0 Å². The number of carboxylic acids is 1. The molecule has 0 spiro atoms. The number of rotatable bonds is 5. The van der Waals surface area contributed by atoms with E-state index in [9.17, 15) is 9.18 Å². The monoisotopic (exact) mass is 309 g/mol. The van der Waals surface area contributed by atoms with Gasteiger partial charge in [-0.2, -0.15) is 0 Å². The van der Waals surface area contributed by atoms with Crippen LogP contribution >= 0.6 is 12.4 Å². The lowest BCUT2D eigenvalue weighted by atomic mass is 10.00. The van der Waals surface area contributed by atoms with Crippen molar-refractivity contribution in [1.82, 2.24) is 0 Å². The fourth-order valence-electron chi connectivity index (χ4n) is 2.10. The van der Waals surface area contributed by atoms with Gasteiger partial charge in [0, 0.05) is 6.04 Å². The molecule has 2 rings (SSSR count). The van der Waals surface area contributed by atoms with Crippen LogP contribution in [-0.2, 0) is 11.2 Å². The molecule has 0 saturated heterocycles. The van der Waals surface area contributed by atoms with E-state index in [0.29, 0.717) is 6.42 Å². The highest BCUT2D eigenvalue weighted by Gasteiger charge is 2.09. The van der Waals surface area contributed by atoms with Gasteiger partial charge in [-0.3, -0.25) is 4.79 Å². The number of aliphatic carboxylic acids is 1. The van der Waals surface area contributed by atoms with Crippen molar-refractivity contribution in [2.75, 3.05) is 0 Å². The SMILES string of the molecule is Cl.NC(CC(=O)O)Cc1ccc(-c2cccc(F)c2)cc1. The lowest BCUT2D eigenvalue weighted by molar-refractivity contribution is -0.137. The van der Waals surface area contributed by atoms with Crippen LogP contribution in [-0.4, -0.2) is 17.1 Å². The summed E-state index contributed by atoms with van der Waals surface area (Å²) in [5, 5.41) is 8.67. The van der Waals surface area contributed by atoms with E-state index in [2.05, 4.69) is 0 Å². The van der Waals surface area contributed by atoms with Crippen LogP contribution in [0.4, 0.5) is 4.39 Å². The van der Waals surface area contributed by atoms with Crippen molar-refractivity contribution in [3.8, 4) is 11.1 Å². The van der Waals surface area contributed by atoms with Crippen LogP contribution in [0.25, 0.3) is 11.1 Å². The smallest absolute Gasteiger partial charge is 0.304 e. The average molecular weight is 310 g/mol. The van der Waals surface area contributed by atoms with E-state index in [1.807, 2.05) is 30.3 Å². The zero-order valence-electron chi connectivity index (χ0n) is 11.3. The molecule has 2 aromatic rings. The summed E-state index contributed by atoms with van der Waals surface area (Å²) in [6, 6.07) is 13.6. The maximum Gasteiger partial charge on any atom is 0.304 e. The second kappa shape index (κ2) is 7.76. The first-order chi connectivity index (χ1) is 9.54. The van der Waals surface area contributed by atoms with Crippen LogP contribution in [0.3, 0.4) is 0 Å². The predicted molar refractivity (Wildman–Crippen MR) is 83.0 cm³/mol. The number of hydrogen-bond acceptors (Lipinski definition) is 2. The molecule has 2 aromatic carbocycles. The number of nitrogens with two attached hydrogens (primary N) is 1. The summed E-state index contributed by atoms with van der Waals surface area (Å²) in [6.45, 7) is 0. The van der Waals surface area contributed by atoms with Gasteiger partial charge in [-0.1, -0.05) is 36.4 Å². The summed E-state index contributed by atoms with van der Waals surface area (Å²) < 4.78 is 13.2. The van der Waals surface area contributed by atoms with Crippen molar-refractivity contribution in [2.24, 2.45) is 5.73 Å². The zero-order chi connectivity index (χ0) is 14.5. The summed E-state index contributed by atoms with van der Waals surface area (Å²) in [7, 11) is 0. The summed E-state index contributed by atoms with van der Waals surface area (Å²) in [4.78, 5) is 10.6. The third kappa shape index (κ3) is 5.17. The Morgan fingerprint density at radius 2 is 1.81 bits per heavy atom. The normalized spacial score (nSPS) is 11.5. The van der Waals surface area contributed by atoms with Gasteiger partial charge in [0.15, 0.2) is 0 Å². The Morgan fingerprint density at radius 1 is 1.14 bits per heavy atom. The third-order valence-electron chi connectivity index (χ3n) is 3.05. The lowest BCUT2D eigenvalue weighted by Gasteiger charge is -2.09. The van der Waals surface area contributed by atoms with Gasteiger partial charge < -0.3 is 10.8 Å². The molecular formula is C16H17ClFNO2. The van der Waals surface area contributed by atoms with Crippen molar-refractivity contribution >= 4 is 18.4 Å². The van der Waals surface area contributed by atoms with E-state index in [-0.39, 0.29) is 24.6 Å². The van der Waals surface area contributed by atoms with Crippen LogP contribution in [0, 0.1) is 5.82 Å². The molecule has 0 heterocycles. The second-order valence-corrected chi connectivity index (χ2v) is 4.77. The van der Waals surface area contributed by atoms with Crippen molar-refractivity contribution in [2.45, 2.75) is 18.9 Å². The number of hydrogen-bond donors (Lipinski definition) is 2. The first-order valence-corrected chi connectivity index (χ1v) is 6.37. The second-order valence-electron chi connectivity index (χ2n) is 4.77. The molecule has 21 heavy (non-hydrogen) atoms. The Kier molecular flexibility index (Phi) is 6.34. The molecule has 0 saturated carbocycles. The molecular weight excluding hydrogens is 293 g/mol. The van der Waals surface area contributed by atoms with E-state index in [0.717, 1.165) is 16.7 Å². The summed E-state index contributed by atoms with van der Waals surface area (Å²) in [5.41, 5.74) is 8.44. The fraction of sp³-hybridized carbons (Fsp3) is 0.188. The minimum Gasteiger partial charge on any atom is -0.481 e. The maximum absolute atomic E-state index is 13.2. The lowest BCUT2D eigenvalue weighted by Crippen LogP contribution is -2.26. The van der Waals surface area contributed by atoms with Crippen LogP contribution in [0.2, 0.25) is 0 Å². The topological polar surface area (TPSA) is 63.3 Å². The molecule has 1 atom stereocenters. The van der Waals surface area contributed by atoms with Crippen molar-refractivity contribution < 1.29 is 14.3 Å². The van der Waals surface area contributed by atoms with Crippen LogP contribution in [0.1, 0.15) is 12.0 Å². The summed E-state index contributed by atoms with van der Waals surface area (Å²) >= 11 is 0. The Balaban J connectivity index is 0.00000220. The quantitative estimate of drug-likeness (QED) is 0.891. The third-order valence-corrected chi connectivity index (χ3v) is 3.05. The molecule has 3 nitrogen and oxygen atoms in total. The first-order valence-electron chi connectivity index (χ1n) is 6.37. The predicted octanol–water partition coefficient (Wildman–Crippen LogP) is 3.26. The van der Waals surface area contributed by atoms with Gasteiger partial charge in [0.2, 0.25) is 0 Å². The van der Waals surface area contributed by atoms with Gasteiger partial charge in [0.1, 0.15) is 5.82 Å². The average Bonchev–Trinajstić information content (AvgIpc) is 2.38. The van der Waals surface area contributed by atoms with E-state index in [4.69, 9.17) is 10.8 Å². The van der Waals surface area contributed by atoms with Gasteiger partial charge in [0.25, 0.3) is 0 Å². The van der Waals surface area contributed by atoms with E-state index < -0.39 is 12.0 Å². The molecule has 0 fully saturated rings. The van der Waals surface area contributed by atoms with Crippen LogP contribution < -0.4 is 5.73 Å². The maximum atomic E-state index is 13.2. The molecule has 112 valence electrons. The Labute approximate surface area is 129 Å². The van der Waals surface area contributed by atoms with Gasteiger partial charge in [-0.05, 0) is 35.2 Å². The first kappa shape index (κ1) is 17.1. The van der Waals surface area contributed by atoms with E-state index in [1.54, 1.807) is 6.07 Å². The molecule has 5 heteroatoms. The minimum absolute atomic E-state index is 0. The zero-order valence-corrected chi connectivity index (χ0v) is 12.1. The van der Waals surface area contributed by atoms with E-state index in [1.165, 1.54) is 12.1 Å². The number of halogens is 2. The molecule has 0 aliphatic rings. The largest absolute Gasteiger partial charge is 0.481 e. The Morgan fingerprint density at radius 3 is 2.38 bits per heavy atom. The Hall–Kier alpha value is -1.91. The van der Waals surface area contributed by atoms with E-state index >= 15 is 0 Å². The van der Waals surface area contributed by atoms with Gasteiger partial charge in [0.05, 0.1) is 6.42 Å². The molecule has 3 N–H and O–H groups in total. The number of benzene rings is 2. The highest BCUT2D eigenvalue weighted by atomic mass is 35.5. The van der Waals surface area contributed by atoms with Crippen LogP contribution in [0.5, 0.6) is 0 Å². The minimum atomic E-state index is -0.895. The van der Waals surface area contributed by atoms with Crippen molar-refractivity contribution in [3.05, 3.63) is 59.9 Å². The fourth-order valence-corrected chi connectivity index (χ4v) is 2.10. The standard InChI is InChI=1S/C16H16FNO2.ClH/c17-14-3-1-2-13(9-14)12-6-4-11(5-7-12)8-15(18)10-16(19)20;/h1-7,9,15H,8,10,18H2,(H,19,20);1H. The van der Waals surface area contributed by atoms with Gasteiger partial charge in [-0.25, -0.2) is 4.39 Å². The molecule has 0 radical (unpaired) electrons. The molecule has 0 amide bonds. The molecule has 0 aromatic heterocycles. The summed E-state index contributed by atoms with van der Waals surface area (Å²) in [5.74, 6) is -1.16. The molecule has 0 bridgehead atoms. The van der Waals surface area contributed by atoms with Crippen molar-refractivity contribution in [1.29, 1.82) is 0 Å². The highest BCUT2D eigenvalue weighted by Crippen LogP contribution is 2.21. The van der Waals surface area contributed by atoms with Gasteiger partial charge in [-0.15, -0.1) is 12.4 Å². The highest BCUT2D eigenvalue weighted by molar-refractivity contribution is 5.85. The summed E-state index contributed by atoms with van der Waals surface area (Å²) in [6.07, 6.45) is 0.460. The molecule has 0 aliphatic heterocycles. The van der Waals surface area contributed by atoms with Gasteiger partial charge >= 0.3 is 5.97 Å². The number of carboxylic acid groups (broad SMARTS) is 1.